The number of benzene rings is 1. The van der Waals surface area contributed by atoms with Crippen molar-refractivity contribution in [1.29, 1.82) is 0 Å². The van der Waals surface area contributed by atoms with Crippen molar-refractivity contribution in [1.82, 2.24) is 9.88 Å². The van der Waals surface area contributed by atoms with Crippen LogP contribution < -0.4 is 5.32 Å². The molecule has 2 atom stereocenters. The number of aryl methyl sites for hydroxylation is 1. The van der Waals surface area contributed by atoms with Crippen LogP contribution in [-0.2, 0) is 16.6 Å². The fourth-order valence-electron chi connectivity index (χ4n) is 2.29. The van der Waals surface area contributed by atoms with Crippen LogP contribution in [0.2, 0.25) is 0 Å². The zero-order valence-electron chi connectivity index (χ0n) is 12.7. The Morgan fingerprint density at radius 3 is 2.30 bits per heavy atom. The summed E-state index contributed by atoms with van der Waals surface area (Å²) in [5, 5.41) is 2.03. The van der Waals surface area contributed by atoms with Gasteiger partial charge in [0.1, 0.15) is 0 Å². The van der Waals surface area contributed by atoms with Crippen molar-refractivity contribution >= 4 is 5.91 Å². The Labute approximate surface area is 131 Å². The van der Waals surface area contributed by atoms with Crippen molar-refractivity contribution in [3.63, 3.8) is 0 Å². The monoisotopic (exact) mass is 326 g/mol. The molecular weight excluding hydrogens is 309 g/mol. The van der Waals surface area contributed by atoms with Gasteiger partial charge in [-0.15, -0.1) is 0 Å². The van der Waals surface area contributed by atoms with Gasteiger partial charge >= 0.3 is 6.18 Å². The SMILES string of the molecule is CO[C@H](C(=O)N[C@H](c1ccn(C)c1)C(F)(F)F)c1ccccc1. The predicted octanol–water partition coefficient (Wildman–Crippen LogP) is 3.13. The third kappa shape index (κ3) is 4.13. The van der Waals surface area contributed by atoms with Crippen LogP contribution in [0.4, 0.5) is 13.2 Å². The number of nitrogens with zero attached hydrogens (tertiary/aromatic N) is 1. The van der Waals surface area contributed by atoms with Crippen LogP contribution in [0.25, 0.3) is 0 Å². The summed E-state index contributed by atoms with van der Waals surface area (Å²) >= 11 is 0. The number of carbonyl (C=O) groups is 1. The lowest BCUT2D eigenvalue weighted by Crippen LogP contribution is -2.40. The van der Waals surface area contributed by atoms with E-state index in [1.165, 1.54) is 30.1 Å². The summed E-state index contributed by atoms with van der Waals surface area (Å²) in [6, 6.07) is 7.61. The van der Waals surface area contributed by atoms with Crippen molar-refractivity contribution in [3.8, 4) is 0 Å². The Kier molecular flexibility index (Phi) is 5.10. The number of hydrogen-bond acceptors (Lipinski definition) is 2. The van der Waals surface area contributed by atoms with E-state index >= 15 is 0 Å². The van der Waals surface area contributed by atoms with Crippen molar-refractivity contribution in [2.24, 2.45) is 7.05 Å². The zero-order valence-corrected chi connectivity index (χ0v) is 12.7. The predicted molar refractivity (Wildman–Crippen MR) is 78.5 cm³/mol. The Morgan fingerprint density at radius 1 is 1.17 bits per heavy atom. The smallest absolute Gasteiger partial charge is 0.367 e. The number of alkyl halides is 3. The van der Waals surface area contributed by atoms with E-state index in [1.807, 2.05) is 5.32 Å². The maximum absolute atomic E-state index is 13.3. The highest BCUT2D eigenvalue weighted by Gasteiger charge is 2.43. The molecule has 0 aliphatic heterocycles. The number of halogens is 3. The van der Waals surface area contributed by atoms with Gasteiger partial charge in [0.2, 0.25) is 0 Å². The van der Waals surface area contributed by atoms with E-state index in [0.29, 0.717) is 5.56 Å². The maximum Gasteiger partial charge on any atom is 0.412 e. The van der Waals surface area contributed by atoms with Gasteiger partial charge in [-0.2, -0.15) is 13.2 Å². The Bertz CT molecular complexity index is 653. The standard InChI is InChI=1S/C16H17F3N2O2/c1-21-9-8-12(10-21)14(16(17,18)19)20-15(22)13(23-2)11-6-4-3-5-7-11/h3-10,13-14H,1-2H3,(H,20,22)/t13-,14+/m0/s1. The minimum absolute atomic E-state index is 0.0312. The molecule has 1 aromatic heterocycles. The quantitative estimate of drug-likeness (QED) is 0.917. The van der Waals surface area contributed by atoms with Crippen molar-refractivity contribution in [2.75, 3.05) is 7.11 Å². The fourth-order valence-corrected chi connectivity index (χ4v) is 2.29. The number of ether oxygens (including phenoxy) is 1. The van der Waals surface area contributed by atoms with Gasteiger partial charge in [-0.05, 0) is 11.6 Å². The van der Waals surface area contributed by atoms with Gasteiger partial charge in [-0.1, -0.05) is 30.3 Å². The van der Waals surface area contributed by atoms with Crippen LogP contribution >= 0.6 is 0 Å². The molecule has 0 spiro atoms. The molecule has 23 heavy (non-hydrogen) atoms. The van der Waals surface area contributed by atoms with E-state index in [-0.39, 0.29) is 5.56 Å². The van der Waals surface area contributed by atoms with Crippen LogP contribution in [-0.4, -0.2) is 23.8 Å². The zero-order chi connectivity index (χ0) is 17.0. The van der Waals surface area contributed by atoms with E-state index in [2.05, 4.69) is 0 Å². The average Bonchev–Trinajstić information content (AvgIpc) is 2.91. The molecular formula is C16H17F3N2O2. The molecule has 1 aromatic carbocycles. The van der Waals surface area contributed by atoms with Crippen molar-refractivity contribution < 1.29 is 22.7 Å². The molecule has 1 heterocycles. The first-order valence-corrected chi connectivity index (χ1v) is 6.89. The van der Waals surface area contributed by atoms with Crippen LogP contribution in [0.5, 0.6) is 0 Å². The first kappa shape index (κ1) is 17.1. The summed E-state index contributed by atoms with van der Waals surface area (Å²) in [6.07, 6.45) is -2.90. The second-order valence-electron chi connectivity index (χ2n) is 5.12. The van der Waals surface area contributed by atoms with Gasteiger partial charge in [0.15, 0.2) is 12.1 Å². The summed E-state index contributed by atoms with van der Waals surface area (Å²) in [6.45, 7) is 0. The van der Waals surface area contributed by atoms with Crippen LogP contribution in [0.1, 0.15) is 23.3 Å². The Morgan fingerprint density at radius 2 is 1.83 bits per heavy atom. The number of carbonyl (C=O) groups excluding carboxylic acids is 1. The first-order valence-electron chi connectivity index (χ1n) is 6.89. The number of methoxy groups -OCH3 is 1. The highest BCUT2D eigenvalue weighted by molar-refractivity contribution is 5.82. The topological polar surface area (TPSA) is 43.3 Å². The maximum atomic E-state index is 13.3. The van der Waals surface area contributed by atoms with Gasteiger partial charge in [0, 0.05) is 32.1 Å². The van der Waals surface area contributed by atoms with E-state index < -0.39 is 24.2 Å². The van der Waals surface area contributed by atoms with E-state index in [0.717, 1.165) is 0 Å². The molecule has 1 N–H and O–H groups in total. The average molecular weight is 326 g/mol. The summed E-state index contributed by atoms with van der Waals surface area (Å²) in [5.74, 6) is -0.843. The molecule has 0 aliphatic carbocycles. The number of rotatable bonds is 5. The van der Waals surface area contributed by atoms with E-state index in [4.69, 9.17) is 4.74 Å². The lowest BCUT2D eigenvalue weighted by Gasteiger charge is -2.24. The summed E-state index contributed by atoms with van der Waals surface area (Å²) in [7, 11) is 2.89. The summed E-state index contributed by atoms with van der Waals surface area (Å²) < 4.78 is 46.4. The summed E-state index contributed by atoms with van der Waals surface area (Å²) in [4.78, 5) is 12.3. The third-order valence-electron chi connectivity index (χ3n) is 3.38. The highest BCUT2D eigenvalue weighted by Crippen LogP contribution is 2.33. The molecule has 2 rings (SSSR count). The Balaban J connectivity index is 2.23. The molecule has 124 valence electrons. The van der Waals surface area contributed by atoms with Gasteiger partial charge < -0.3 is 14.6 Å². The van der Waals surface area contributed by atoms with E-state index in [1.54, 1.807) is 37.4 Å². The molecule has 2 aromatic rings. The molecule has 4 nitrogen and oxygen atoms in total. The van der Waals surface area contributed by atoms with Gasteiger partial charge in [0.05, 0.1) is 0 Å². The van der Waals surface area contributed by atoms with Gasteiger partial charge in [-0.3, -0.25) is 4.79 Å². The van der Waals surface area contributed by atoms with Crippen molar-refractivity contribution in [3.05, 3.63) is 59.9 Å². The molecule has 7 heteroatoms. The fraction of sp³-hybridized carbons (Fsp3) is 0.312. The molecule has 0 fully saturated rings. The van der Waals surface area contributed by atoms with Gasteiger partial charge in [0.25, 0.3) is 5.91 Å². The van der Waals surface area contributed by atoms with Gasteiger partial charge in [-0.25, -0.2) is 0 Å². The molecule has 1 amide bonds. The number of hydrogen-bond donors (Lipinski definition) is 1. The first-order chi connectivity index (χ1) is 10.8. The minimum Gasteiger partial charge on any atom is -0.367 e. The molecule has 0 unspecified atom stereocenters. The second kappa shape index (κ2) is 6.87. The van der Waals surface area contributed by atoms with Crippen LogP contribution in [0.3, 0.4) is 0 Å². The van der Waals surface area contributed by atoms with Crippen LogP contribution in [0, 0.1) is 0 Å². The normalized spacial score (nSPS) is 14.3. The molecule has 0 radical (unpaired) electrons. The van der Waals surface area contributed by atoms with Crippen molar-refractivity contribution in [2.45, 2.75) is 18.3 Å². The highest BCUT2D eigenvalue weighted by atomic mass is 19.4. The number of nitrogens with one attached hydrogen (secondary N) is 1. The minimum atomic E-state index is -4.61. The molecule has 0 bridgehead atoms. The van der Waals surface area contributed by atoms with Crippen LogP contribution in [0.15, 0.2) is 48.8 Å². The molecule has 0 aliphatic rings. The number of aromatic nitrogens is 1. The second-order valence-corrected chi connectivity index (χ2v) is 5.12. The lowest BCUT2D eigenvalue weighted by molar-refractivity contribution is -0.166. The summed E-state index contributed by atoms with van der Waals surface area (Å²) in [5.41, 5.74) is 0.456. The molecule has 0 saturated heterocycles. The lowest BCUT2D eigenvalue weighted by atomic mass is 10.1. The molecule has 0 saturated carbocycles. The number of amides is 1. The van der Waals surface area contributed by atoms with E-state index in [9.17, 15) is 18.0 Å². The largest absolute Gasteiger partial charge is 0.412 e. The third-order valence-corrected chi connectivity index (χ3v) is 3.38. The Hall–Kier alpha value is -2.28.